The van der Waals surface area contributed by atoms with Crippen LogP contribution in [0.3, 0.4) is 0 Å². The zero-order valence-corrected chi connectivity index (χ0v) is 11.9. The first-order valence-corrected chi connectivity index (χ1v) is 6.49. The molecule has 0 heterocycles. The van der Waals surface area contributed by atoms with E-state index in [9.17, 15) is 0 Å². The molecule has 1 unspecified atom stereocenters. The van der Waals surface area contributed by atoms with Crippen molar-refractivity contribution in [2.24, 2.45) is 0 Å². The van der Waals surface area contributed by atoms with Crippen molar-refractivity contribution in [3.05, 3.63) is 46.0 Å². The zero-order chi connectivity index (χ0) is 12.1. The molecule has 0 saturated carbocycles. The van der Waals surface area contributed by atoms with Crippen molar-refractivity contribution < 1.29 is 0 Å². The van der Waals surface area contributed by atoms with Gasteiger partial charge in [0.15, 0.2) is 0 Å². The lowest BCUT2D eigenvalue weighted by Gasteiger charge is -2.20. The van der Waals surface area contributed by atoms with E-state index in [4.69, 9.17) is 0 Å². The minimum atomic E-state index is 0.260. The number of rotatable bonds is 5. The quantitative estimate of drug-likeness (QED) is 0.790. The lowest BCUT2D eigenvalue weighted by atomic mass is 9.99. The number of aryl methyl sites for hydroxylation is 1. The third-order valence-corrected chi connectivity index (χ3v) is 2.95. The topological polar surface area (TPSA) is 12.0 Å². The van der Waals surface area contributed by atoms with Gasteiger partial charge in [0.05, 0.1) is 6.04 Å². The molecule has 1 aromatic carbocycles. The molecule has 1 nitrogen and oxygen atoms in total. The Morgan fingerprint density at radius 3 is 2.62 bits per heavy atom. The van der Waals surface area contributed by atoms with Gasteiger partial charge in [-0.05, 0) is 50.1 Å². The molecule has 0 aliphatic carbocycles. The van der Waals surface area contributed by atoms with Crippen LogP contribution >= 0.6 is 15.9 Å². The van der Waals surface area contributed by atoms with Gasteiger partial charge in [0.1, 0.15) is 0 Å². The predicted molar refractivity (Wildman–Crippen MR) is 74.7 cm³/mol. The molecular weight excluding hydrogens is 262 g/mol. The molecule has 0 aliphatic heterocycles. The highest BCUT2D eigenvalue weighted by molar-refractivity contribution is 9.10. The fourth-order valence-corrected chi connectivity index (χ4v) is 2.42. The molecule has 16 heavy (non-hydrogen) atoms. The normalized spacial score (nSPS) is 12.5. The van der Waals surface area contributed by atoms with Crippen molar-refractivity contribution in [2.75, 3.05) is 6.54 Å². The highest BCUT2D eigenvalue weighted by atomic mass is 79.9. The van der Waals surface area contributed by atoms with Crippen LogP contribution in [0.2, 0.25) is 0 Å². The number of hydrogen-bond acceptors (Lipinski definition) is 1. The molecule has 0 fully saturated rings. The van der Waals surface area contributed by atoms with Crippen LogP contribution in [0.15, 0.2) is 34.8 Å². The van der Waals surface area contributed by atoms with Crippen molar-refractivity contribution in [1.82, 2.24) is 5.32 Å². The average molecular weight is 282 g/mol. The van der Waals surface area contributed by atoms with Gasteiger partial charge in [-0.25, -0.2) is 0 Å². The monoisotopic (exact) mass is 281 g/mol. The highest BCUT2D eigenvalue weighted by Gasteiger charge is 2.11. The largest absolute Gasteiger partial charge is 0.307 e. The Balaban J connectivity index is 2.96. The number of nitrogens with one attached hydrogen (secondary N) is 1. The molecule has 0 aromatic heterocycles. The lowest BCUT2D eigenvalue weighted by Crippen LogP contribution is -2.22. The van der Waals surface area contributed by atoms with Crippen LogP contribution in [0.1, 0.15) is 37.4 Å². The first-order valence-electron chi connectivity index (χ1n) is 5.70. The van der Waals surface area contributed by atoms with Crippen LogP contribution in [0.25, 0.3) is 0 Å². The van der Waals surface area contributed by atoms with E-state index < -0.39 is 0 Å². The first-order chi connectivity index (χ1) is 7.54. The molecule has 1 N–H and O–H groups in total. The molecule has 0 saturated heterocycles. The van der Waals surface area contributed by atoms with Crippen LogP contribution < -0.4 is 5.32 Å². The van der Waals surface area contributed by atoms with Crippen molar-refractivity contribution in [3.8, 4) is 0 Å². The van der Waals surface area contributed by atoms with E-state index >= 15 is 0 Å². The molecule has 1 atom stereocenters. The Labute approximate surface area is 107 Å². The molecule has 0 bridgehead atoms. The third-order valence-electron chi connectivity index (χ3n) is 2.49. The summed E-state index contributed by atoms with van der Waals surface area (Å²) in [5, 5.41) is 3.52. The Morgan fingerprint density at radius 2 is 2.12 bits per heavy atom. The summed E-state index contributed by atoms with van der Waals surface area (Å²) in [4.78, 5) is 0. The van der Waals surface area contributed by atoms with Crippen LogP contribution in [0, 0.1) is 6.92 Å². The Morgan fingerprint density at radius 1 is 1.44 bits per heavy atom. The lowest BCUT2D eigenvalue weighted by molar-refractivity contribution is 0.590. The molecule has 0 aliphatic rings. The van der Waals surface area contributed by atoms with Gasteiger partial charge in [0, 0.05) is 4.47 Å². The summed E-state index contributed by atoms with van der Waals surface area (Å²) < 4.78 is 1.13. The molecular formula is C14H20BrN. The predicted octanol–water partition coefficient (Wildman–Crippen LogP) is 4.37. The maximum absolute atomic E-state index is 4.07. The minimum Gasteiger partial charge on any atom is -0.307 e. The van der Waals surface area contributed by atoms with Crippen LogP contribution in [-0.2, 0) is 0 Å². The van der Waals surface area contributed by atoms with E-state index in [2.05, 4.69) is 66.8 Å². The van der Waals surface area contributed by atoms with Gasteiger partial charge in [0.2, 0.25) is 0 Å². The second-order valence-electron chi connectivity index (χ2n) is 4.30. The summed E-state index contributed by atoms with van der Waals surface area (Å²) in [6.45, 7) is 11.4. The SMILES string of the molecule is C=C(C)C(NCCC)c1cc(C)cc(Br)c1. The maximum Gasteiger partial charge on any atom is 0.0531 e. The second kappa shape index (κ2) is 6.21. The van der Waals surface area contributed by atoms with Crippen molar-refractivity contribution in [1.29, 1.82) is 0 Å². The van der Waals surface area contributed by atoms with Crippen molar-refractivity contribution in [2.45, 2.75) is 33.2 Å². The van der Waals surface area contributed by atoms with E-state index in [1.54, 1.807) is 0 Å². The summed E-state index contributed by atoms with van der Waals surface area (Å²) >= 11 is 3.54. The molecule has 2 heteroatoms. The first kappa shape index (κ1) is 13.5. The molecule has 0 radical (unpaired) electrons. The maximum atomic E-state index is 4.07. The van der Waals surface area contributed by atoms with E-state index in [0.717, 1.165) is 23.0 Å². The smallest absolute Gasteiger partial charge is 0.0531 e. The summed E-state index contributed by atoms with van der Waals surface area (Å²) in [6.07, 6.45) is 1.14. The Hall–Kier alpha value is -0.600. The highest BCUT2D eigenvalue weighted by Crippen LogP contribution is 2.24. The Kier molecular flexibility index (Phi) is 5.23. The Bertz CT molecular complexity index is 351. The van der Waals surface area contributed by atoms with E-state index in [-0.39, 0.29) is 6.04 Å². The van der Waals surface area contributed by atoms with Gasteiger partial charge in [-0.15, -0.1) is 0 Å². The van der Waals surface area contributed by atoms with Gasteiger partial charge in [-0.3, -0.25) is 0 Å². The fraction of sp³-hybridized carbons (Fsp3) is 0.429. The number of benzene rings is 1. The number of hydrogen-bond donors (Lipinski definition) is 1. The van der Waals surface area contributed by atoms with Crippen molar-refractivity contribution in [3.63, 3.8) is 0 Å². The van der Waals surface area contributed by atoms with E-state index in [0.29, 0.717) is 0 Å². The minimum absolute atomic E-state index is 0.260. The second-order valence-corrected chi connectivity index (χ2v) is 5.21. The summed E-state index contributed by atoms with van der Waals surface area (Å²) in [5.41, 5.74) is 3.72. The van der Waals surface area contributed by atoms with Gasteiger partial charge < -0.3 is 5.32 Å². The van der Waals surface area contributed by atoms with Crippen LogP contribution in [-0.4, -0.2) is 6.54 Å². The molecule has 1 rings (SSSR count). The van der Waals surface area contributed by atoms with Crippen LogP contribution in [0.4, 0.5) is 0 Å². The van der Waals surface area contributed by atoms with Gasteiger partial charge in [-0.2, -0.15) is 0 Å². The van der Waals surface area contributed by atoms with Gasteiger partial charge in [0.25, 0.3) is 0 Å². The fourth-order valence-electron chi connectivity index (χ4n) is 1.80. The molecule has 0 spiro atoms. The van der Waals surface area contributed by atoms with E-state index in [1.807, 2.05) is 0 Å². The van der Waals surface area contributed by atoms with Gasteiger partial charge >= 0.3 is 0 Å². The van der Waals surface area contributed by atoms with Gasteiger partial charge in [-0.1, -0.05) is 41.1 Å². The summed E-state index contributed by atoms with van der Waals surface area (Å²) in [5.74, 6) is 0. The summed E-state index contributed by atoms with van der Waals surface area (Å²) in [6, 6.07) is 6.76. The molecule has 88 valence electrons. The average Bonchev–Trinajstić information content (AvgIpc) is 2.16. The molecule has 1 aromatic rings. The number of halogens is 1. The summed E-state index contributed by atoms with van der Waals surface area (Å²) in [7, 11) is 0. The van der Waals surface area contributed by atoms with E-state index in [1.165, 1.54) is 11.1 Å². The zero-order valence-electron chi connectivity index (χ0n) is 10.3. The van der Waals surface area contributed by atoms with Crippen molar-refractivity contribution >= 4 is 15.9 Å². The standard InChI is InChI=1S/C14H20BrN/c1-5-6-16-14(10(2)3)12-7-11(4)8-13(15)9-12/h7-9,14,16H,2,5-6H2,1,3-4H3. The molecule has 0 amide bonds. The third kappa shape index (κ3) is 3.76. The van der Waals surface area contributed by atoms with Crippen LogP contribution in [0.5, 0.6) is 0 Å².